The Kier molecular flexibility index (Phi) is 6.14. The summed E-state index contributed by atoms with van der Waals surface area (Å²) in [6.07, 6.45) is 0.413. The van der Waals surface area contributed by atoms with Gasteiger partial charge in [0.25, 0.3) is 0 Å². The summed E-state index contributed by atoms with van der Waals surface area (Å²) in [6, 6.07) is 9.28. The highest BCUT2D eigenvalue weighted by Gasteiger charge is 2.08. The maximum atomic E-state index is 11.8. The zero-order valence-electron chi connectivity index (χ0n) is 12.1. The molecule has 0 spiro atoms. The van der Waals surface area contributed by atoms with Gasteiger partial charge in [-0.1, -0.05) is 0 Å². The molecule has 0 unspecified atom stereocenters. The molecule has 0 atom stereocenters. The average Bonchev–Trinajstić information content (AvgIpc) is 2.94. The first-order valence-corrected chi connectivity index (χ1v) is 8.59. The van der Waals surface area contributed by atoms with Crippen LogP contribution in [0.5, 0.6) is 0 Å². The van der Waals surface area contributed by atoms with Crippen molar-refractivity contribution in [3.8, 4) is 6.07 Å². The van der Waals surface area contributed by atoms with Crippen molar-refractivity contribution in [2.75, 3.05) is 11.1 Å². The summed E-state index contributed by atoms with van der Waals surface area (Å²) >= 11 is 2.81. The minimum Gasteiger partial charge on any atom is -0.369 e. The Bertz CT molecular complexity index is 735. The fourth-order valence-corrected chi connectivity index (χ4v) is 3.27. The lowest BCUT2D eigenvalue weighted by Crippen LogP contribution is -2.14. The topological polar surface area (TPSA) is 109 Å². The third-order valence-corrected chi connectivity index (χ3v) is 4.55. The van der Waals surface area contributed by atoms with Crippen LogP contribution in [0.4, 0.5) is 5.13 Å². The number of anilines is 1. The third-order valence-electron chi connectivity index (χ3n) is 2.73. The lowest BCUT2D eigenvalue weighted by Gasteiger charge is -2.02. The lowest BCUT2D eigenvalue weighted by atomic mass is 10.2. The van der Waals surface area contributed by atoms with E-state index in [1.54, 1.807) is 29.3 Å². The minimum absolute atomic E-state index is 0.0704. The van der Waals surface area contributed by atoms with Crippen molar-refractivity contribution in [1.82, 2.24) is 4.98 Å². The molecule has 0 saturated carbocycles. The van der Waals surface area contributed by atoms with Crippen molar-refractivity contribution in [2.45, 2.75) is 17.7 Å². The standard InChI is InChI=1S/C15H14N4O2S2/c16-8-10-1-3-12(4-2-10)22-6-5-14(21)19-15-18-11(9-23-15)7-13(17)20/h1-4,9H,5-7H2,(H2,17,20)(H,18,19,21). The van der Waals surface area contributed by atoms with E-state index in [4.69, 9.17) is 11.0 Å². The smallest absolute Gasteiger partial charge is 0.226 e. The number of hydrogen-bond donors (Lipinski definition) is 2. The first-order valence-electron chi connectivity index (χ1n) is 6.72. The van der Waals surface area contributed by atoms with Gasteiger partial charge in [0, 0.05) is 22.4 Å². The molecule has 0 aliphatic carbocycles. The van der Waals surface area contributed by atoms with Crippen LogP contribution in [-0.2, 0) is 16.0 Å². The molecular formula is C15H14N4O2S2. The minimum atomic E-state index is -0.452. The largest absolute Gasteiger partial charge is 0.369 e. The van der Waals surface area contributed by atoms with E-state index in [0.29, 0.717) is 28.6 Å². The van der Waals surface area contributed by atoms with Crippen LogP contribution in [0.25, 0.3) is 0 Å². The Morgan fingerprint density at radius 2 is 2.09 bits per heavy atom. The van der Waals surface area contributed by atoms with E-state index < -0.39 is 5.91 Å². The quantitative estimate of drug-likeness (QED) is 0.747. The number of nitrogens with two attached hydrogens (primary N) is 1. The highest BCUT2D eigenvalue weighted by atomic mass is 32.2. The Labute approximate surface area is 141 Å². The van der Waals surface area contributed by atoms with Gasteiger partial charge in [0.2, 0.25) is 11.8 Å². The van der Waals surface area contributed by atoms with Crippen molar-refractivity contribution in [1.29, 1.82) is 5.26 Å². The highest BCUT2D eigenvalue weighted by molar-refractivity contribution is 7.99. The second-order valence-corrected chi connectivity index (χ2v) is 6.60. The highest BCUT2D eigenvalue weighted by Crippen LogP contribution is 2.20. The predicted octanol–water partition coefficient (Wildman–Crippen LogP) is 2.16. The van der Waals surface area contributed by atoms with Crippen LogP contribution in [0.1, 0.15) is 17.7 Å². The summed E-state index contributed by atoms with van der Waals surface area (Å²) in [5.74, 6) is 0.0372. The van der Waals surface area contributed by atoms with E-state index in [2.05, 4.69) is 16.4 Å². The monoisotopic (exact) mass is 346 g/mol. The number of thiazole rings is 1. The number of carbonyl (C=O) groups is 2. The van der Waals surface area contributed by atoms with E-state index >= 15 is 0 Å². The van der Waals surface area contributed by atoms with Crippen LogP contribution >= 0.6 is 23.1 Å². The summed E-state index contributed by atoms with van der Waals surface area (Å²) in [5, 5.41) is 13.6. The number of nitriles is 1. The number of thioether (sulfide) groups is 1. The van der Waals surface area contributed by atoms with Crippen molar-refractivity contribution in [3.05, 3.63) is 40.9 Å². The van der Waals surface area contributed by atoms with Crippen LogP contribution < -0.4 is 11.1 Å². The maximum Gasteiger partial charge on any atom is 0.226 e. The van der Waals surface area contributed by atoms with Gasteiger partial charge in [-0.15, -0.1) is 23.1 Å². The van der Waals surface area contributed by atoms with E-state index in [0.717, 1.165) is 4.90 Å². The van der Waals surface area contributed by atoms with Crippen LogP contribution in [0, 0.1) is 11.3 Å². The van der Waals surface area contributed by atoms with Gasteiger partial charge in [0.05, 0.1) is 23.7 Å². The normalized spacial score (nSPS) is 10.0. The summed E-state index contributed by atoms with van der Waals surface area (Å²) in [4.78, 5) is 27.8. The first-order chi connectivity index (χ1) is 11.1. The van der Waals surface area contributed by atoms with Gasteiger partial charge in [-0.3, -0.25) is 9.59 Å². The molecule has 0 fully saturated rings. The fourth-order valence-electron chi connectivity index (χ4n) is 1.69. The molecular weight excluding hydrogens is 332 g/mol. The van der Waals surface area contributed by atoms with E-state index in [1.165, 1.54) is 11.3 Å². The Balaban J connectivity index is 1.75. The SMILES string of the molecule is N#Cc1ccc(SCCC(=O)Nc2nc(CC(N)=O)cs2)cc1. The number of carbonyl (C=O) groups excluding carboxylic acids is 2. The molecule has 23 heavy (non-hydrogen) atoms. The van der Waals surface area contributed by atoms with E-state index in [-0.39, 0.29) is 12.3 Å². The van der Waals surface area contributed by atoms with E-state index in [9.17, 15) is 9.59 Å². The van der Waals surface area contributed by atoms with Crippen LogP contribution in [0.15, 0.2) is 34.5 Å². The Hall–Kier alpha value is -2.37. The number of amides is 2. The molecule has 2 aromatic rings. The fraction of sp³-hybridized carbons (Fsp3) is 0.200. The van der Waals surface area contributed by atoms with Gasteiger partial charge < -0.3 is 11.1 Å². The molecule has 3 N–H and O–H groups in total. The van der Waals surface area contributed by atoms with Gasteiger partial charge in [-0.25, -0.2) is 4.98 Å². The summed E-state index contributed by atoms with van der Waals surface area (Å²) in [6.45, 7) is 0. The number of primary amides is 1. The van der Waals surface area contributed by atoms with Crippen molar-refractivity contribution >= 4 is 40.0 Å². The number of nitrogens with one attached hydrogen (secondary N) is 1. The maximum absolute atomic E-state index is 11.8. The molecule has 1 aromatic carbocycles. The summed E-state index contributed by atoms with van der Waals surface area (Å²) in [7, 11) is 0. The van der Waals surface area contributed by atoms with Gasteiger partial charge >= 0.3 is 0 Å². The average molecular weight is 346 g/mol. The Morgan fingerprint density at radius 1 is 1.35 bits per heavy atom. The zero-order valence-corrected chi connectivity index (χ0v) is 13.7. The Morgan fingerprint density at radius 3 is 2.74 bits per heavy atom. The van der Waals surface area contributed by atoms with Crippen molar-refractivity contribution in [2.24, 2.45) is 5.73 Å². The molecule has 8 heteroatoms. The van der Waals surface area contributed by atoms with Gasteiger partial charge in [0.1, 0.15) is 0 Å². The molecule has 2 rings (SSSR count). The van der Waals surface area contributed by atoms with Crippen molar-refractivity contribution in [3.63, 3.8) is 0 Å². The molecule has 2 amide bonds. The predicted molar refractivity (Wildman–Crippen MR) is 90.1 cm³/mol. The number of nitrogens with zero attached hydrogens (tertiary/aromatic N) is 2. The molecule has 0 radical (unpaired) electrons. The first kappa shape index (κ1) is 17.0. The number of benzene rings is 1. The summed E-state index contributed by atoms with van der Waals surface area (Å²) < 4.78 is 0. The number of aromatic nitrogens is 1. The molecule has 6 nitrogen and oxygen atoms in total. The van der Waals surface area contributed by atoms with Crippen LogP contribution in [0.3, 0.4) is 0 Å². The van der Waals surface area contributed by atoms with Gasteiger partial charge in [-0.2, -0.15) is 5.26 Å². The molecule has 1 aromatic heterocycles. The molecule has 0 saturated heterocycles. The van der Waals surface area contributed by atoms with Crippen LogP contribution in [-0.4, -0.2) is 22.6 Å². The molecule has 1 heterocycles. The lowest BCUT2D eigenvalue weighted by molar-refractivity contribution is -0.117. The van der Waals surface area contributed by atoms with Gasteiger partial charge in [-0.05, 0) is 24.3 Å². The van der Waals surface area contributed by atoms with E-state index in [1.807, 2.05) is 12.1 Å². The zero-order chi connectivity index (χ0) is 16.7. The van der Waals surface area contributed by atoms with Crippen LogP contribution in [0.2, 0.25) is 0 Å². The third kappa shape index (κ3) is 5.73. The number of hydrogen-bond acceptors (Lipinski definition) is 6. The summed E-state index contributed by atoms with van der Waals surface area (Å²) in [5.41, 5.74) is 6.27. The second-order valence-electron chi connectivity index (χ2n) is 4.57. The molecule has 0 aliphatic heterocycles. The van der Waals surface area contributed by atoms with Gasteiger partial charge in [0.15, 0.2) is 5.13 Å². The van der Waals surface area contributed by atoms with Crippen molar-refractivity contribution < 1.29 is 9.59 Å². The molecule has 0 bridgehead atoms. The molecule has 0 aliphatic rings. The number of rotatable bonds is 7. The second kappa shape index (κ2) is 8.31. The molecule has 118 valence electrons.